The third kappa shape index (κ3) is 9.43. The first-order chi connectivity index (χ1) is 18.4. The number of aliphatic hydroxyl groups is 4. The Morgan fingerprint density at radius 2 is 1.77 bits per heavy atom. The third-order valence-electron chi connectivity index (χ3n) is 7.52. The molecule has 0 spiro atoms. The highest BCUT2D eigenvalue weighted by Gasteiger charge is 2.47. The molecule has 11 heteroatoms. The Labute approximate surface area is 231 Å². The number of nitrogens with zero attached hydrogens (tertiary/aromatic N) is 1. The van der Waals surface area contributed by atoms with Crippen LogP contribution < -0.4 is 0 Å². The SMILES string of the molecule is CO[C@@H]1[C@@H](O[C@@H]2O[C@H](C)[C@@H](O)[C@H](N(C)C)[C@H]2O)[C@@H](CC=O)C[C@@H](C)[C@@H](O)/C=C/C=C/C[C@@H](C)OC(=O)C[C@H]1O. The zero-order chi connectivity index (χ0) is 29.3. The fourth-order valence-electron chi connectivity index (χ4n) is 5.29. The van der Waals surface area contributed by atoms with Crippen LogP contribution in [0.4, 0.5) is 0 Å². The predicted molar refractivity (Wildman–Crippen MR) is 143 cm³/mol. The van der Waals surface area contributed by atoms with Gasteiger partial charge in [-0.2, -0.15) is 0 Å². The van der Waals surface area contributed by atoms with Crippen molar-refractivity contribution in [3.05, 3.63) is 24.3 Å². The molecule has 0 saturated carbocycles. The van der Waals surface area contributed by atoms with Gasteiger partial charge in [0, 0.05) is 20.0 Å². The molecule has 2 rings (SSSR count). The minimum atomic E-state index is -1.37. The van der Waals surface area contributed by atoms with Crippen LogP contribution in [0.3, 0.4) is 0 Å². The maximum absolute atomic E-state index is 12.6. The van der Waals surface area contributed by atoms with Crippen LogP contribution in [-0.4, -0.2) is 120 Å². The molecular formula is C28H47NO10. The van der Waals surface area contributed by atoms with E-state index >= 15 is 0 Å². The van der Waals surface area contributed by atoms with E-state index in [4.69, 9.17) is 18.9 Å². The lowest BCUT2D eigenvalue weighted by molar-refractivity contribution is -0.309. The molecule has 0 aliphatic carbocycles. The van der Waals surface area contributed by atoms with Gasteiger partial charge in [-0.1, -0.05) is 31.2 Å². The molecule has 11 nitrogen and oxygen atoms in total. The Hall–Kier alpha value is -1.70. The van der Waals surface area contributed by atoms with E-state index in [0.717, 1.165) is 6.29 Å². The predicted octanol–water partition coefficient (Wildman–Crippen LogP) is 0.575. The van der Waals surface area contributed by atoms with Gasteiger partial charge in [0.2, 0.25) is 0 Å². The van der Waals surface area contributed by atoms with Gasteiger partial charge in [-0.3, -0.25) is 4.79 Å². The first-order valence-corrected chi connectivity index (χ1v) is 13.6. The number of cyclic esters (lactones) is 1. The summed E-state index contributed by atoms with van der Waals surface area (Å²) in [6.45, 7) is 5.22. The molecular weight excluding hydrogens is 510 g/mol. The van der Waals surface area contributed by atoms with Crippen LogP contribution in [0.15, 0.2) is 24.3 Å². The van der Waals surface area contributed by atoms with Gasteiger partial charge < -0.3 is 49.1 Å². The lowest BCUT2D eigenvalue weighted by Crippen LogP contribution is -2.63. The lowest BCUT2D eigenvalue weighted by atomic mass is 9.82. The van der Waals surface area contributed by atoms with Crippen LogP contribution >= 0.6 is 0 Å². The van der Waals surface area contributed by atoms with Gasteiger partial charge in [-0.15, -0.1) is 0 Å². The smallest absolute Gasteiger partial charge is 0.308 e. The molecule has 39 heavy (non-hydrogen) atoms. The summed E-state index contributed by atoms with van der Waals surface area (Å²) in [6.07, 6.45) is -0.965. The van der Waals surface area contributed by atoms with Crippen LogP contribution in [0.1, 0.15) is 46.5 Å². The van der Waals surface area contributed by atoms with Crippen LogP contribution in [0.2, 0.25) is 0 Å². The second-order valence-electron chi connectivity index (χ2n) is 10.9. The van der Waals surface area contributed by atoms with Crippen molar-refractivity contribution >= 4 is 12.3 Å². The van der Waals surface area contributed by atoms with Crippen molar-refractivity contribution in [1.82, 2.24) is 4.90 Å². The summed E-state index contributed by atoms with van der Waals surface area (Å²) in [5, 5.41) is 43.6. The number of methoxy groups -OCH3 is 1. The molecule has 0 radical (unpaired) electrons. The second-order valence-corrected chi connectivity index (χ2v) is 10.9. The summed E-state index contributed by atoms with van der Waals surface area (Å²) in [4.78, 5) is 26.1. The van der Waals surface area contributed by atoms with Crippen molar-refractivity contribution in [3.63, 3.8) is 0 Å². The number of carbonyl (C=O) groups is 2. The van der Waals surface area contributed by atoms with Gasteiger partial charge in [0.05, 0.1) is 43.0 Å². The molecule has 0 bridgehead atoms. The number of allylic oxidation sites excluding steroid dienone is 2. The first kappa shape index (κ1) is 33.5. The van der Waals surface area contributed by atoms with Gasteiger partial charge in [-0.25, -0.2) is 0 Å². The normalized spacial score (nSPS) is 43.0. The van der Waals surface area contributed by atoms with E-state index in [9.17, 15) is 30.0 Å². The van der Waals surface area contributed by atoms with E-state index in [1.807, 2.05) is 13.0 Å². The maximum atomic E-state index is 12.6. The van der Waals surface area contributed by atoms with Gasteiger partial charge in [0.1, 0.15) is 24.6 Å². The van der Waals surface area contributed by atoms with Crippen molar-refractivity contribution in [2.75, 3.05) is 21.2 Å². The van der Waals surface area contributed by atoms with Crippen LogP contribution in [0.25, 0.3) is 0 Å². The number of hydrogen-bond donors (Lipinski definition) is 4. The number of carbonyl (C=O) groups excluding carboxylic acids is 2. The van der Waals surface area contributed by atoms with E-state index in [-0.39, 0.29) is 18.8 Å². The van der Waals surface area contributed by atoms with Gasteiger partial charge in [0.15, 0.2) is 6.29 Å². The van der Waals surface area contributed by atoms with Gasteiger partial charge in [-0.05, 0) is 46.2 Å². The molecule has 224 valence electrons. The number of rotatable bonds is 6. The summed E-state index contributed by atoms with van der Waals surface area (Å²) in [6, 6.07) is -0.712. The van der Waals surface area contributed by atoms with Crippen molar-refractivity contribution in [2.24, 2.45) is 11.8 Å². The molecule has 2 heterocycles. The van der Waals surface area contributed by atoms with E-state index < -0.39 is 73.1 Å². The number of aliphatic hydroxyl groups excluding tert-OH is 4. The molecule has 0 amide bonds. The van der Waals surface area contributed by atoms with Crippen LogP contribution in [0, 0.1) is 11.8 Å². The number of hydrogen-bond acceptors (Lipinski definition) is 11. The van der Waals surface area contributed by atoms with Gasteiger partial charge in [0.25, 0.3) is 0 Å². The standard InChI is InChI=1S/C28H47NO10/c1-16-14-19(12-13-30)26(39-28-25(35)23(29(4)5)24(34)18(3)38-28)27(36-6)21(32)15-22(33)37-17(2)10-8-7-9-11-20(16)31/h7-9,11,13,16-21,23-28,31-32,34-35H,10,12,14-15H2,1-6H3/b8-7+,11-9+/t16-,17-,18-,19+,20+,21-,23+,24-,25-,26+,27+,28+/m1/s1. The monoisotopic (exact) mass is 557 g/mol. The quantitative estimate of drug-likeness (QED) is 0.268. The van der Waals surface area contributed by atoms with Crippen LogP contribution in [0.5, 0.6) is 0 Å². The summed E-state index contributed by atoms with van der Waals surface area (Å²) in [5.41, 5.74) is 0. The molecule has 4 N–H and O–H groups in total. The zero-order valence-electron chi connectivity index (χ0n) is 23.8. The van der Waals surface area contributed by atoms with E-state index in [1.54, 1.807) is 51.1 Å². The highest BCUT2D eigenvalue weighted by atomic mass is 16.7. The van der Waals surface area contributed by atoms with E-state index in [2.05, 4.69) is 0 Å². The van der Waals surface area contributed by atoms with Gasteiger partial charge >= 0.3 is 5.97 Å². The number of esters is 1. The summed E-state index contributed by atoms with van der Waals surface area (Å²) < 4.78 is 23.2. The number of aldehydes is 1. The molecule has 1 saturated heterocycles. The Bertz CT molecular complexity index is 820. The average Bonchev–Trinajstić information content (AvgIpc) is 2.85. The fourth-order valence-corrected chi connectivity index (χ4v) is 5.29. The van der Waals surface area contributed by atoms with Crippen LogP contribution in [-0.2, 0) is 28.5 Å². The van der Waals surface area contributed by atoms with Crippen molar-refractivity contribution in [3.8, 4) is 0 Å². The molecule has 0 aromatic heterocycles. The van der Waals surface area contributed by atoms with Crippen molar-refractivity contribution in [1.29, 1.82) is 0 Å². The van der Waals surface area contributed by atoms with Crippen molar-refractivity contribution in [2.45, 2.75) is 108 Å². The fraction of sp³-hybridized carbons (Fsp3) is 0.786. The second kappa shape index (κ2) is 15.9. The summed E-state index contributed by atoms with van der Waals surface area (Å²) in [7, 11) is 4.79. The Morgan fingerprint density at radius 1 is 1.08 bits per heavy atom. The Balaban J connectivity index is 2.48. The Morgan fingerprint density at radius 3 is 2.38 bits per heavy atom. The van der Waals surface area contributed by atoms with Crippen molar-refractivity contribution < 1.29 is 49.0 Å². The minimum absolute atomic E-state index is 0.00247. The number of ether oxygens (including phenoxy) is 4. The number of likely N-dealkylation sites (N-methyl/N-ethyl adjacent to an activating group) is 1. The molecule has 2 aliphatic heterocycles. The molecule has 12 atom stereocenters. The minimum Gasteiger partial charge on any atom is -0.462 e. The molecule has 1 fully saturated rings. The maximum Gasteiger partial charge on any atom is 0.308 e. The largest absolute Gasteiger partial charge is 0.462 e. The van der Waals surface area contributed by atoms with E-state index in [0.29, 0.717) is 12.8 Å². The molecule has 2 aliphatic rings. The highest BCUT2D eigenvalue weighted by molar-refractivity contribution is 5.70. The average molecular weight is 558 g/mol. The first-order valence-electron chi connectivity index (χ1n) is 13.6. The Kier molecular flexibility index (Phi) is 13.7. The topological polar surface area (TPSA) is 155 Å². The zero-order valence-corrected chi connectivity index (χ0v) is 23.8. The molecule has 0 aromatic carbocycles. The third-order valence-corrected chi connectivity index (χ3v) is 7.52. The summed E-state index contributed by atoms with van der Waals surface area (Å²) >= 11 is 0. The summed E-state index contributed by atoms with van der Waals surface area (Å²) in [5.74, 6) is -1.53. The molecule has 0 unspecified atom stereocenters. The lowest BCUT2D eigenvalue weighted by Gasteiger charge is -2.46. The highest BCUT2D eigenvalue weighted by Crippen LogP contribution is 2.33. The molecule has 0 aromatic rings. The van der Waals surface area contributed by atoms with E-state index in [1.165, 1.54) is 7.11 Å².